The van der Waals surface area contributed by atoms with E-state index in [1.165, 1.54) is 11.1 Å². The molecule has 0 bridgehead atoms. The van der Waals surface area contributed by atoms with E-state index in [0.29, 0.717) is 17.0 Å². The first-order valence-electron chi connectivity index (χ1n) is 14.5. The lowest BCUT2D eigenvalue weighted by Gasteiger charge is -2.26. The van der Waals surface area contributed by atoms with Gasteiger partial charge in [-0.3, -0.25) is 14.5 Å². The lowest BCUT2D eigenvalue weighted by molar-refractivity contribution is 0.0342. The average Bonchev–Trinajstić information content (AvgIpc) is 2.95. The Kier molecular flexibility index (Phi) is 9.15. The van der Waals surface area contributed by atoms with E-state index in [1.54, 1.807) is 0 Å². The maximum absolute atomic E-state index is 13.6. The van der Waals surface area contributed by atoms with Crippen molar-refractivity contribution < 1.29 is 14.3 Å². The quantitative estimate of drug-likeness (QED) is 0.430. The zero-order chi connectivity index (χ0) is 28.1. The van der Waals surface area contributed by atoms with Crippen molar-refractivity contribution in [1.29, 1.82) is 0 Å². The molecule has 2 saturated heterocycles. The van der Waals surface area contributed by atoms with Crippen LogP contribution in [0.25, 0.3) is 11.1 Å². The molecule has 2 N–H and O–H groups in total. The van der Waals surface area contributed by atoms with Crippen molar-refractivity contribution >= 4 is 5.91 Å². The van der Waals surface area contributed by atoms with Gasteiger partial charge in [0.15, 0.2) is 0 Å². The number of pyridine rings is 1. The van der Waals surface area contributed by atoms with Crippen LogP contribution in [0.3, 0.4) is 0 Å². The number of morpholine rings is 1. The van der Waals surface area contributed by atoms with Gasteiger partial charge in [0.1, 0.15) is 0 Å². The summed E-state index contributed by atoms with van der Waals surface area (Å²) in [6.07, 6.45) is 3.00. The van der Waals surface area contributed by atoms with Crippen molar-refractivity contribution in [3.8, 4) is 11.1 Å². The van der Waals surface area contributed by atoms with Crippen LogP contribution >= 0.6 is 0 Å². The van der Waals surface area contributed by atoms with E-state index >= 15 is 0 Å². The molecular formula is C33H41N3O4. The van der Waals surface area contributed by atoms with Crippen molar-refractivity contribution in [1.82, 2.24) is 15.2 Å². The first-order valence-corrected chi connectivity index (χ1v) is 14.5. The number of ether oxygens (including phenoxy) is 2. The number of hydrogen-bond acceptors (Lipinski definition) is 5. The number of aromatic nitrogens is 1. The summed E-state index contributed by atoms with van der Waals surface area (Å²) in [4.78, 5) is 31.4. The van der Waals surface area contributed by atoms with E-state index in [2.05, 4.69) is 45.5 Å². The summed E-state index contributed by atoms with van der Waals surface area (Å²) in [5.41, 5.74) is 8.42. The van der Waals surface area contributed by atoms with Crippen molar-refractivity contribution in [2.45, 2.75) is 53.1 Å². The molecule has 0 aliphatic carbocycles. The standard InChI is InChI=1S/C33H41N3O4/c1-22-16-23(2)35-33(38)31(22)20-34-32(37)30-19-29(18-28(24(30)3)17-25-8-12-39-13-9-25)27-6-4-26(5-7-27)21-36-10-14-40-15-11-36/h4-7,16,18-19,25H,8-15,17,20-21H2,1-3H3,(H,34,37)(H,35,38). The van der Waals surface area contributed by atoms with Crippen LogP contribution in [0.5, 0.6) is 0 Å². The highest BCUT2D eigenvalue weighted by Crippen LogP contribution is 2.30. The summed E-state index contributed by atoms with van der Waals surface area (Å²) in [5, 5.41) is 3.03. The van der Waals surface area contributed by atoms with Crippen LogP contribution in [0.4, 0.5) is 0 Å². The first kappa shape index (κ1) is 28.3. The molecule has 3 aromatic rings. The van der Waals surface area contributed by atoms with Crippen molar-refractivity contribution in [3.05, 3.63) is 91.9 Å². The minimum Gasteiger partial charge on any atom is -0.381 e. The minimum atomic E-state index is -0.157. The molecule has 2 aliphatic heterocycles. The van der Waals surface area contributed by atoms with Crippen molar-refractivity contribution in [2.75, 3.05) is 39.5 Å². The largest absolute Gasteiger partial charge is 0.381 e. The molecule has 7 nitrogen and oxygen atoms in total. The Balaban J connectivity index is 1.41. The molecule has 212 valence electrons. The molecule has 1 amide bonds. The second-order valence-electron chi connectivity index (χ2n) is 11.3. The van der Waals surface area contributed by atoms with E-state index < -0.39 is 0 Å². The molecule has 2 aliphatic rings. The highest BCUT2D eigenvalue weighted by Gasteiger charge is 2.20. The van der Waals surface area contributed by atoms with Crippen LogP contribution in [0.2, 0.25) is 0 Å². The second kappa shape index (κ2) is 12.9. The number of amides is 1. The number of H-pyrrole nitrogens is 1. The maximum atomic E-state index is 13.6. The number of rotatable bonds is 8. The van der Waals surface area contributed by atoms with Crippen LogP contribution in [0.1, 0.15) is 56.7 Å². The topological polar surface area (TPSA) is 83.7 Å². The highest BCUT2D eigenvalue weighted by atomic mass is 16.5. The van der Waals surface area contributed by atoms with Crippen LogP contribution in [-0.4, -0.2) is 55.3 Å². The molecule has 1 aromatic heterocycles. The number of carbonyl (C=O) groups excluding carboxylic acids is 1. The Morgan fingerprint density at radius 1 is 0.950 bits per heavy atom. The number of nitrogens with one attached hydrogen (secondary N) is 2. The molecule has 3 heterocycles. The van der Waals surface area contributed by atoms with Gasteiger partial charge >= 0.3 is 0 Å². The number of carbonyl (C=O) groups is 1. The maximum Gasteiger partial charge on any atom is 0.253 e. The number of aryl methyl sites for hydroxylation is 2. The lowest BCUT2D eigenvalue weighted by Crippen LogP contribution is -2.35. The third kappa shape index (κ3) is 6.89. The summed E-state index contributed by atoms with van der Waals surface area (Å²) in [5.74, 6) is 0.388. The Hall–Kier alpha value is -3.26. The number of benzene rings is 2. The number of nitrogens with zero attached hydrogens (tertiary/aromatic N) is 1. The smallest absolute Gasteiger partial charge is 0.253 e. The van der Waals surface area contributed by atoms with Gasteiger partial charge in [0.2, 0.25) is 0 Å². The Morgan fingerprint density at radius 2 is 1.65 bits per heavy atom. The van der Waals surface area contributed by atoms with Gasteiger partial charge in [-0.25, -0.2) is 0 Å². The molecule has 2 fully saturated rings. The fourth-order valence-corrected chi connectivity index (χ4v) is 5.84. The average molecular weight is 544 g/mol. The van der Waals surface area contributed by atoms with E-state index in [0.717, 1.165) is 93.3 Å². The lowest BCUT2D eigenvalue weighted by atomic mass is 9.86. The molecule has 0 unspecified atom stereocenters. The van der Waals surface area contributed by atoms with E-state index in [9.17, 15) is 9.59 Å². The van der Waals surface area contributed by atoms with Crippen LogP contribution in [-0.2, 0) is 29.0 Å². The minimum absolute atomic E-state index is 0.152. The third-order valence-corrected chi connectivity index (χ3v) is 8.33. The molecule has 0 radical (unpaired) electrons. The Morgan fingerprint density at radius 3 is 2.35 bits per heavy atom. The number of hydrogen-bond donors (Lipinski definition) is 2. The van der Waals surface area contributed by atoms with Crippen LogP contribution in [0, 0.1) is 26.7 Å². The SMILES string of the molecule is Cc1cc(C)c(CNC(=O)c2cc(-c3ccc(CN4CCOCC4)cc3)cc(CC3CCOCC3)c2C)c(=O)[nH]1. The van der Waals surface area contributed by atoms with Gasteiger partial charge in [0.25, 0.3) is 11.5 Å². The summed E-state index contributed by atoms with van der Waals surface area (Å²) in [6, 6.07) is 14.9. The fourth-order valence-electron chi connectivity index (χ4n) is 5.84. The predicted octanol–water partition coefficient (Wildman–Crippen LogP) is 4.70. The van der Waals surface area contributed by atoms with E-state index in [1.807, 2.05) is 32.9 Å². The van der Waals surface area contributed by atoms with Crippen LogP contribution < -0.4 is 10.9 Å². The van der Waals surface area contributed by atoms with Crippen LogP contribution in [0.15, 0.2) is 47.3 Å². The monoisotopic (exact) mass is 543 g/mol. The summed E-state index contributed by atoms with van der Waals surface area (Å²) < 4.78 is 11.1. The van der Waals surface area contributed by atoms with Gasteiger partial charge in [0.05, 0.1) is 13.2 Å². The normalized spacial score (nSPS) is 16.7. The fraction of sp³-hybridized carbons (Fsp3) is 0.455. The molecule has 40 heavy (non-hydrogen) atoms. The summed E-state index contributed by atoms with van der Waals surface area (Å²) in [6.45, 7) is 12.0. The molecule has 5 rings (SSSR count). The van der Waals surface area contributed by atoms with Gasteiger partial charge < -0.3 is 19.8 Å². The van der Waals surface area contributed by atoms with Gasteiger partial charge in [-0.2, -0.15) is 0 Å². The van der Waals surface area contributed by atoms with E-state index in [4.69, 9.17) is 9.47 Å². The molecular weight excluding hydrogens is 502 g/mol. The third-order valence-electron chi connectivity index (χ3n) is 8.33. The Bertz CT molecular complexity index is 1380. The zero-order valence-electron chi connectivity index (χ0n) is 24.0. The van der Waals surface area contributed by atoms with Gasteiger partial charge in [-0.05, 0) is 91.5 Å². The van der Waals surface area contributed by atoms with Gasteiger partial charge in [0, 0.05) is 56.2 Å². The van der Waals surface area contributed by atoms with Crippen molar-refractivity contribution in [3.63, 3.8) is 0 Å². The second-order valence-corrected chi connectivity index (χ2v) is 11.3. The summed E-state index contributed by atoms with van der Waals surface area (Å²) in [7, 11) is 0. The molecule has 0 saturated carbocycles. The van der Waals surface area contributed by atoms with Crippen molar-refractivity contribution in [2.24, 2.45) is 5.92 Å². The molecule has 2 aromatic carbocycles. The van der Waals surface area contributed by atoms with Gasteiger partial charge in [-0.15, -0.1) is 0 Å². The van der Waals surface area contributed by atoms with E-state index in [-0.39, 0.29) is 18.0 Å². The highest BCUT2D eigenvalue weighted by molar-refractivity contribution is 5.97. The Labute approximate surface area is 236 Å². The van der Waals surface area contributed by atoms with Gasteiger partial charge in [-0.1, -0.05) is 30.3 Å². The summed E-state index contributed by atoms with van der Waals surface area (Å²) >= 11 is 0. The zero-order valence-corrected chi connectivity index (χ0v) is 24.0. The predicted molar refractivity (Wildman–Crippen MR) is 158 cm³/mol. The molecule has 0 atom stereocenters. The number of aromatic amines is 1. The molecule has 7 heteroatoms. The molecule has 0 spiro atoms. The first-order chi connectivity index (χ1) is 19.4.